The number of benzene rings is 2. The molecule has 0 saturated heterocycles. The average molecular weight is 402 g/mol. The number of carbonyl (C=O) groups is 1. The zero-order valence-electron chi connectivity index (χ0n) is 16.5. The molecule has 1 fully saturated rings. The van der Waals surface area contributed by atoms with Gasteiger partial charge in [-0.2, -0.15) is 8.42 Å². The fraction of sp³-hybridized carbons (Fsp3) is 0.409. The van der Waals surface area contributed by atoms with Crippen molar-refractivity contribution < 1.29 is 17.4 Å². The van der Waals surface area contributed by atoms with Crippen LogP contribution in [0.1, 0.15) is 37.3 Å². The number of rotatable bonds is 8. The molecule has 2 aromatic carbocycles. The molecule has 0 bridgehead atoms. The Balaban J connectivity index is 1.72. The third-order valence-corrected chi connectivity index (χ3v) is 5.25. The van der Waals surface area contributed by atoms with Crippen LogP contribution in [0, 0.1) is 11.8 Å². The van der Waals surface area contributed by atoms with E-state index in [0.717, 1.165) is 18.2 Å². The molecule has 1 saturated carbocycles. The van der Waals surface area contributed by atoms with Gasteiger partial charge < -0.3 is 9.08 Å². The molecule has 6 heteroatoms. The van der Waals surface area contributed by atoms with Crippen molar-refractivity contribution in [1.82, 2.24) is 4.90 Å². The molecule has 0 N–H and O–H groups in total. The van der Waals surface area contributed by atoms with Crippen molar-refractivity contribution in [3.63, 3.8) is 0 Å². The van der Waals surface area contributed by atoms with Gasteiger partial charge in [0.2, 0.25) is 5.91 Å². The maximum Gasteiger partial charge on any atom is 0.306 e. The van der Waals surface area contributed by atoms with E-state index in [2.05, 4.69) is 26.0 Å². The van der Waals surface area contributed by atoms with Crippen LogP contribution < -0.4 is 4.18 Å². The van der Waals surface area contributed by atoms with Gasteiger partial charge in [0.25, 0.3) is 0 Å². The topological polar surface area (TPSA) is 63.7 Å². The van der Waals surface area contributed by atoms with Crippen LogP contribution in [-0.2, 0) is 21.5 Å². The highest BCUT2D eigenvalue weighted by Crippen LogP contribution is 2.48. The molecular weight excluding hydrogens is 374 g/mol. The summed E-state index contributed by atoms with van der Waals surface area (Å²) in [7, 11) is -3.58. The number of hydrogen-bond acceptors (Lipinski definition) is 4. The molecule has 1 amide bonds. The highest BCUT2D eigenvalue weighted by molar-refractivity contribution is 7.86. The van der Waals surface area contributed by atoms with Crippen LogP contribution in [0.2, 0.25) is 0 Å². The lowest BCUT2D eigenvalue weighted by Crippen LogP contribution is -2.35. The third kappa shape index (κ3) is 5.58. The predicted octanol–water partition coefficient (Wildman–Crippen LogP) is 3.81. The van der Waals surface area contributed by atoms with E-state index in [1.165, 1.54) is 5.56 Å². The number of hydrogen-bond donors (Lipinski definition) is 0. The van der Waals surface area contributed by atoms with Gasteiger partial charge in [-0.25, -0.2) is 0 Å². The van der Waals surface area contributed by atoms with Crippen LogP contribution in [0.4, 0.5) is 0 Å². The van der Waals surface area contributed by atoms with Gasteiger partial charge in [0, 0.05) is 19.0 Å². The summed E-state index contributed by atoms with van der Waals surface area (Å²) in [6, 6.07) is 17.1. The molecule has 1 aliphatic rings. The van der Waals surface area contributed by atoms with Crippen LogP contribution in [0.3, 0.4) is 0 Å². The van der Waals surface area contributed by atoms with Gasteiger partial charge in [-0.3, -0.25) is 4.79 Å². The van der Waals surface area contributed by atoms with Crippen LogP contribution in [0.5, 0.6) is 5.75 Å². The maximum atomic E-state index is 13.1. The maximum absolute atomic E-state index is 13.1. The minimum absolute atomic E-state index is 0.0246. The van der Waals surface area contributed by atoms with Gasteiger partial charge in [0.1, 0.15) is 5.75 Å². The molecular formula is C22H27NO4S. The highest BCUT2D eigenvalue weighted by atomic mass is 32.2. The van der Waals surface area contributed by atoms with Crippen LogP contribution in [0.25, 0.3) is 0 Å². The van der Waals surface area contributed by atoms with Crippen molar-refractivity contribution >= 4 is 16.0 Å². The molecule has 2 atom stereocenters. The Kier molecular flexibility index (Phi) is 6.08. The standard InChI is InChI=1S/C22H27NO4S/c1-16(2)14-23(15-17-8-7-11-19(12-17)27-28(3,25)26)22(24)21-13-20(21)18-9-5-4-6-10-18/h4-12,16,20-21H,13-15H2,1-3H3/t20-,21-/m0/s1. The summed E-state index contributed by atoms with van der Waals surface area (Å²) in [4.78, 5) is 15.0. The van der Waals surface area contributed by atoms with Crippen molar-refractivity contribution in [2.45, 2.75) is 32.7 Å². The zero-order valence-corrected chi connectivity index (χ0v) is 17.4. The van der Waals surface area contributed by atoms with Crippen LogP contribution in [-0.4, -0.2) is 32.0 Å². The summed E-state index contributed by atoms with van der Waals surface area (Å²) in [6.45, 7) is 5.28. The first kappa shape index (κ1) is 20.4. The minimum atomic E-state index is -3.58. The summed E-state index contributed by atoms with van der Waals surface area (Å²) in [5.74, 6) is 1.09. The molecule has 2 aromatic rings. The van der Waals surface area contributed by atoms with Crippen molar-refractivity contribution in [1.29, 1.82) is 0 Å². The Morgan fingerprint density at radius 1 is 1.14 bits per heavy atom. The van der Waals surface area contributed by atoms with Crippen molar-refractivity contribution in [3.8, 4) is 5.75 Å². The molecule has 0 aliphatic heterocycles. The lowest BCUT2D eigenvalue weighted by atomic mass is 10.1. The van der Waals surface area contributed by atoms with Gasteiger partial charge in [0.15, 0.2) is 0 Å². The van der Waals surface area contributed by atoms with Gasteiger partial charge in [0.05, 0.1) is 6.26 Å². The highest BCUT2D eigenvalue weighted by Gasteiger charge is 2.45. The summed E-state index contributed by atoms with van der Waals surface area (Å²) in [5.41, 5.74) is 2.07. The third-order valence-electron chi connectivity index (χ3n) is 4.75. The first-order valence-corrected chi connectivity index (χ1v) is 11.4. The zero-order chi connectivity index (χ0) is 20.3. The van der Waals surface area contributed by atoms with Crippen molar-refractivity contribution in [3.05, 3.63) is 65.7 Å². The van der Waals surface area contributed by atoms with E-state index in [1.807, 2.05) is 29.2 Å². The molecule has 0 radical (unpaired) electrons. The first-order chi connectivity index (χ1) is 13.2. The fourth-order valence-corrected chi connectivity index (χ4v) is 3.99. The summed E-state index contributed by atoms with van der Waals surface area (Å²) in [5, 5.41) is 0. The molecule has 0 unspecified atom stereocenters. The second-order valence-electron chi connectivity index (χ2n) is 7.91. The van der Waals surface area contributed by atoms with E-state index in [-0.39, 0.29) is 17.6 Å². The number of amides is 1. The molecule has 0 spiro atoms. The molecule has 5 nitrogen and oxygen atoms in total. The van der Waals surface area contributed by atoms with Crippen LogP contribution >= 0.6 is 0 Å². The van der Waals surface area contributed by atoms with E-state index in [9.17, 15) is 13.2 Å². The Hall–Kier alpha value is -2.34. The molecule has 0 aromatic heterocycles. The predicted molar refractivity (Wildman–Crippen MR) is 109 cm³/mol. The summed E-state index contributed by atoms with van der Waals surface area (Å²) in [6.07, 6.45) is 1.90. The normalized spacial score (nSPS) is 18.7. The SMILES string of the molecule is CC(C)CN(Cc1cccc(OS(C)(=O)=O)c1)C(=O)[C@H]1C[C@H]1c1ccccc1. The van der Waals surface area contributed by atoms with Crippen LogP contribution in [0.15, 0.2) is 54.6 Å². The molecule has 150 valence electrons. The summed E-state index contributed by atoms with van der Waals surface area (Å²) >= 11 is 0. The quantitative estimate of drug-likeness (QED) is 0.631. The van der Waals surface area contributed by atoms with Gasteiger partial charge in [-0.15, -0.1) is 0 Å². The van der Waals surface area contributed by atoms with Gasteiger partial charge in [-0.1, -0.05) is 56.3 Å². The molecule has 28 heavy (non-hydrogen) atoms. The summed E-state index contributed by atoms with van der Waals surface area (Å²) < 4.78 is 27.7. The first-order valence-electron chi connectivity index (χ1n) is 9.55. The van der Waals surface area contributed by atoms with E-state index < -0.39 is 10.1 Å². The second kappa shape index (κ2) is 8.35. The van der Waals surface area contributed by atoms with Gasteiger partial charge in [-0.05, 0) is 41.5 Å². The minimum Gasteiger partial charge on any atom is -0.383 e. The van der Waals surface area contributed by atoms with Crippen molar-refractivity contribution in [2.75, 3.05) is 12.8 Å². The van der Waals surface area contributed by atoms with E-state index in [0.29, 0.717) is 24.9 Å². The lowest BCUT2D eigenvalue weighted by molar-refractivity contribution is -0.133. The Morgan fingerprint density at radius 2 is 1.86 bits per heavy atom. The molecule has 1 aliphatic carbocycles. The Labute approximate surface area is 167 Å². The number of carbonyl (C=O) groups excluding carboxylic acids is 1. The Morgan fingerprint density at radius 3 is 2.50 bits per heavy atom. The molecule has 3 rings (SSSR count). The molecule has 0 heterocycles. The Bertz CT molecular complexity index is 925. The average Bonchev–Trinajstić information content (AvgIpc) is 3.40. The van der Waals surface area contributed by atoms with E-state index in [1.54, 1.807) is 18.2 Å². The smallest absolute Gasteiger partial charge is 0.306 e. The number of nitrogens with zero attached hydrogens (tertiary/aromatic N) is 1. The van der Waals surface area contributed by atoms with Gasteiger partial charge >= 0.3 is 10.1 Å². The fourth-order valence-electron chi connectivity index (χ4n) is 3.54. The largest absolute Gasteiger partial charge is 0.383 e. The second-order valence-corrected chi connectivity index (χ2v) is 9.48. The van der Waals surface area contributed by atoms with E-state index >= 15 is 0 Å². The van der Waals surface area contributed by atoms with E-state index in [4.69, 9.17) is 4.18 Å². The van der Waals surface area contributed by atoms with Crippen molar-refractivity contribution in [2.24, 2.45) is 11.8 Å². The monoisotopic (exact) mass is 401 g/mol. The lowest BCUT2D eigenvalue weighted by Gasteiger charge is -2.25.